The third kappa shape index (κ3) is 5.02. The summed E-state index contributed by atoms with van der Waals surface area (Å²) in [7, 11) is 0. The molecule has 0 aliphatic carbocycles. The Morgan fingerprint density at radius 1 is 1.22 bits per heavy atom. The summed E-state index contributed by atoms with van der Waals surface area (Å²) in [6.07, 6.45) is 10.0. The molecule has 0 saturated heterocycles. The first-order valence-electron chi connectivity index (χ1n) is 7.91. The first-order valence-corrected chi connectivity index (χ1v) is 8.66. The van der Waals surface area contributed by atoms with Crippen molar-refractivity contribution in [2.75, 3.05) is 6.61 Å². The number of aromatic nitrogens is 2. The van der Waals surface area contributed by atoms with Crippen LogP contribution in [0.3, 0.4) is 0 Å². The standard InChI is InChI=1S/C18H22Cl2N2O/c1-3-4-5-6-11-23-18(14(2)22-10-9-21-13-22)16-8-7-15(19)12-17(16)20/h7-10,12-13H,3-6,11H2,1-2H3. The summed E-state index contributed by atoms with van der Waals surface area (Å²) in [6, 6.07) is 5.46. The Kier molecular flexibility index (Phi) is 7.00. The fourth-order valence-electron chi connectivity index (χ4n) is 2.33. The highest BCUT2D eigenvalue weighted by Gasteiger charge is 2.13. The number of halogens is 2. The van der Waals surface area contributed by atoms with Gasteiger partial charge in [-0.3, -0.25) is 0 Å². The number of imidazole rings is 1. The number of allylic oxidation sites excluding steroid dienone is 1. The van der Waals surface area contributed by atoms with Crippen LogP contribution in [0.4, 0.5) is 0 Å². The molecule has 0 aliphatic heterocycles. The minimum Gasteiger partial charge on any atom is -0.491 e. The van der Waals surface area contributed by atoms with Crippen molar-refractivity contribution in [2.24, 2.45) is 0 Å². The van der Waals surface area contributed by atoms with Crippen LogP contribution in [0.1, 0.15) is 45.1 Å². The second-order valence-electron chi connectivity index (χ2n) is 5.42. The van der Waals surface area contributed by atoms with Gasteiger partial charge in [-0.1, -0.05) is 49.4 Å². The number of unbranched alkanes of at least 4 members (excludes halogenated alkanes) is 3. The molecule has 3 nitrogen and oxygen atoms in total. The molecule has 23 heavy (non-hydrogen) atoms. The van der Waals surface area contributed by atoms with Gasteiger partial charge < -0.3 is 9.30 Å². The maximum Gasteiger partial charge on any atom is 0.147 e. The molecule has 0 radical (unpaired) electrons. The van der Waals surface area contributed by atoms with E-state index in [1.54, 1.807) is 18.6 Å². The zero-order valence-electron chi connectivity index (χ0n) is 13.6. The molecule has 1 aromatic heterocycles. The summed E-state index contributed by atoms with van der Waals surface area (Å²) < 4.78 is 8.01. The summed E-state index contributed by atoms with van der Waals surface area (Å²) >= 11 is 12.4. The van der Waals surface area contributed by atoms with Gasteiger partial charge in [-0.05, 0) is 31.5 Å². The van der Waals surface area contributed by atoms with E-state index in [0.717, 1.165) is 23.4 Å². The first kappa shape index (κ1) is 17.9. The van der Waals surface area contributed by atoms with Crippen molar-refractivity contribution < 1.29 is 4.74 Å². The highest BCUT2D eigenvalue weighted by atomic mass is 35.5. The van der Waals surface area contributed by atoms with E-state index in [4.69, 9.17) is 27.9 Å². The molecule has 2 rings (SSSR count). The van der Waals surface area contributed by atoms with Gasteiger partial charge >= 0.3 is 0 Å². The monoisotopic (exact) mass is 352 g/mol. The smallest absolute Gasteiger partial charge is 0.147 e. The Morgan fingerprint density at radius 2 is 2.04 bits per heavy atom. The van der Waals surface area contributed by atoms with Gasteiger partial charge in [0.2, 0.25) is 0 Å². The maximum atomic E-state index is 6.37. The third-order valence-corrected chi connectivity index (χ3v) is 4.19. The molecule has 0 bridgehead atoms. The lowest BCUT2D eigenvalue weighted by Crippen LogP contribution is -2.02. The highest BCUT2D eigenvalue weighted by molar-refractivity contribution is 6.35. The van der Waals surface area contributed by atoms with Crippen molar-refractivity contribution >= 4 is 34.7 Å². The zero-order valence-corrected chi connectivity index (χ0v) is 15.1. The van der Waals surface area contributed by atoms with E-state index < -0.39 is 0 Å². The van der Waals surface area contributed by atoms with E-state index >= 15 is 0 Å². The maximum absolute atomic E-state index is 6.37. The molecule has 0 atom stereocenters. The van der Waals surface area contributed by atoms with Gasteiger partial charge in [0, 0.05) is 23.0 Å². The SMILES string of the molecule is CCCCCCOC(=C(C)n1ccnc1)c1ccc(Cl)cc1Cl. The van der Waals surface area contributed by atoms with Gasteiger partial charge in [-0.25, -0.2) is 4.98 Å². The number of benzene rings is 1. The van der Waals surface area contributed by atoms with Gasteiger partial charge in [-0.15, -0.1) is 0 Å². The molecular weight excluding hydrogens is 331 g/mol. The van der Waals surface area contributed by atoms with Crippen LogP contribution in [0.5, 0.6) is 0 Å². The van der Waals surface area contributed by atoms with Crippen molar-refractivity contribution in [3.05, 3.63) is 52.5 Å². The quantitative estimate of drug-likeness (QED) is 0.421. The van der Waals surface area contributed by atoms with Crippen LogP contribution in [0.2, 0.25) is 10.0 Å². The third-order valence-electron chi connectivity index (χ3n) is 3.64. The first-order chi connectivity index (χ1) is 11.1. The van der Waals surface area contributed by atoms with Crippen LogP contribution >= 0.6 is 23.2 Å². The molecule has 0 N–H and O–H groups in total. The van der Waals surface area contributed by atoms with Gasteiger partial charge in [0.1, 0.15) is 5.76 Å². The van der Waals surface area contributed by atoms with Crippen LogP contribution in [-0.4, -0.2) is 16.2 Å². The summed E-state index contributed by atoms with van der Waals surface area (Å²) in [4.78, 5) is 4.10. The molecule has 2 aromatic rings. The molecule has 1 aromatic carbocycles. The topological polar surface area (TPSA) is 27.1 Å². The zero-order chi connectivity index (χ0) is 16.7. The fourth-order valence-corrected chi connectivity index (χ4v) is 2.82. The normalized spacial score (nSPS) is 12.2. The lowest BCUT2D eigenvalue weighted by atomic mass is 10.1. The van der Waals surface area contributed by atoms with Crippen LogP contribution in [0.25, 0.3) is 11.5 Å². The van der Waals surface area contributed by atoms with Gasteiger partial charge in [0.15, 0.2) is 0 Å². The number of nitrogens with zero attached hydrogens (tertiary/aromatic N) is 2. The number of hydrogen-bond donors (Lipinski definition) is 0. The van der Waals surface area contributed by atoms with Crippen LogP contribution in [-0.2, 0) is 4.74 Å². The number of hydrogen-bond acceptors (Lipinski definition) is 2. The van der Waals surface area contributed by atoms with Crippen molar-refractivity contribution in [3.63, 3.8) is 0 Å². The highest BCUT2D eigenvalue weighted by Crippen LogP contribution is 2.31. The molecule has 0 amide bonds. The van der Waals surface area contributed by atoms with Crippen LogP contribution < -0.4 is 0 Å². The molecule has 1 heterocycles. The fraction of sp³-hybridized carbons (Fsp3) is 0.389. The largest absolute Gasteiger partial charge is 0.491 e. The second kappa shape index (κ2) is 8.99. The Bertz CT molecular complexity index is 651. The van der Waals surface area contributed by atoms with Crippen molar-refractivity contribution in [1.82, 2.24) is 9.55 Å². The average molecular weight is 353 g/mol. The number of rotatable bonds is 8. The van der Waals surface area contributed by atoms with E-state index in [0.29, 0.717) is 16.7 Å². The molecule has 124 valence electrons. The molecule has 0 aliphatic rings. The Balaban J connectivity index is 2.26. The Labute approximate surface area is 147 Å². The second-order valence-corrected chi connectivity index (χ2v) is 6.26. The molecule has 0 spiro atoms. The van der Waals surface area contributed by atoms with Crippen LogP contribution in [0, 0.1) is 0 Å². The van der Waals surface area contributed by atoms with E-state index in [1.165, 1.54) is 19.3 Å². The molecule has 0 saturated carbocycles. The summed E-state index contributed by atoms with van der Waals surface area (Å²) in [5.41, 5.74) is 1.79. The van der Waals surface area contributed by atoms with E-state index in [2.05, 4.69) is 11.9 Å². The van der Waals surface area contributed by atoms with Crippen molar-refractivity contribution in [1.29, 1.82) is 0 Å². The molecule has 0 fully saturated rings. The lowest BCUT2D eigenvalue weighted by Gasteiger charge is -2.16. The minimum atomic E-state index is 0.584. The minimum absolute atomic E-state index is 0.584. The van der Waals surface area contributed by atoms with E-state index in [9.17, 15) is 0 Å². The predicted molar refractivity (Wildman–Crippen MR) is 97.6 cm³/mol. The van der Waals surface area contributed by atoms with Crippen molar-refractivity contribution in [3.8, 4) is 0 Å². The molecule has 5 heteroatoms. The van der Waals surface area contributed by atoms with Gasteiger partial charge in [-0.2, -0.15) is 0 Å². The summed E-state index contributed by atoms with van der Waals surface area (Å²) in [5, 5.41) is 1.20. The molecular formula is C18H22Cl2N2O. The van der Waals surface area contributed by atoms with Crippen molar-refractivity contribution in [2.45, 2.75) is 39.5 Å². The van der Waals surface area contributed by atoms with Gasteiger partial charge in [0.05, 0.1) is 23.7 Å². The average Bonchev–Trinajstić information content (AvgIpc) is 3.06. The lowest BCUT2D eigenvalue weighted by molar-refractivity contribution is 0.267. The predicted octanol–water partition coefficient (Wildman–Crippen LogP) is 6.13. The van der Waals surface area contributed by atoms with E-state index in [-0.39, 0.29) is 0 Å². The summed E-state index contributed by atoms with van der Waals surface area (Å²) in [5.74, 6) is 0.765. The van der Waals surface area contributed by atoms with Crippen LogP contribution in [0.15, 0.2) is 36.9 Å². The molecule has 0 unspecified atom stereocenters. The van der Waals surface area contributed by atoms with Gasteiger partial charge in [0.25, 0.3) is 0 Å². The van der Waals surface area contributed by atoms with E-state index in [1.807, 2.05) is 29.8 Å². The summed E-state index contributed by atoms with van der Waals surface area (Å²) in [6.45, 7) is 4.86. The number of ether oxygens (including phenoxy) is 1. The Morgan fingerprint density at radius 3 is 2.70 bits per heavy atom. The Hall–Kier alpha value is -1.45.